The van der Waals surface area contributed by atoms with E-state index in [9.17, 15) is 4.79 Å². The summed E-state index contributed by atoms with van der Waals surface area (Å²) in [5, 5.41) is 6.40. The van der Waals surface area contributed by atoms with E-state index >= 15 is 0 Å². The summed E-state index contributed by atoms with van der Waals surface area (Å²) in [7, 11) is 3.17. The molecule has 0 aliphatic heterocycles. The molecule has 4 rings (SSSR count). The molecule has 6 nitrogen and oxygen atoms in total. The van der Waals surface area contributed by atoms with Gasteiger partial charge in [-0.25, -0.2) is 9.78 Å². The van der Waals surface area contributed by atoms with Crippen LogP contribution in [0.5, 0.6) is 11.5 Å². The Morgan fingerprint density at radius 1 is 0.900 bits per heavy atom. The van der Waals surface area contributed by atoms with Gasteiger partial charge in [0, 0.05) is 12.1 Å². The van der Waals surface area contributed by atoms with E-state index in [-0.39, 0.29) is 12.1 Å². The van der Waals surface area contributed by atoms with Crippen molar-refractivity contribution in [3.8, 4) is 11.5 Å². The summed E-state index contributed by atoms with van der Waals surface area (Å²) in [6.45, 7) is 0. The molecular weight excluding hydrogens is 398 g/mol. The molecule has 0 aliphatic carbocycles. The molecule has 3 aromatic carbocycles. The highest BCUT2D eigenvalue weighted by atomic mass is 32.1. The molecule has 30 heavy (non-hydrogen) atoms. The third-order valence-electron chi connectivity index (χ3n) is 4.66. The Balaban J connectivity index is 1.56. The van der Waals surface area contributed by atoms with E-state index in [0.29, 0.717) is 16.6 Å². The van der Waals surface area contributed by atoms with Gasteiger partial charge in [0.05, 0.1) is 30.5 Å². The maximum atomic E-state index is 12.8. The second-order valence-corrected chi connectivity index (χ2v) is 7.58. The van der Waals surface area contributed by atoms with Crippen LogP contribution >= 0.6 is 11.3 Å². The zero-order valence-electron chi connectivity index (χ0n) is 16.6. The monoisotopic (exact) mass is 419 g/mol. The number of hydrogen-bond donors (Lipinski definition) is 2. The molecule has 1 aromatic heterocycles. The molecule has 0 saturated heterocycles. The van der Waals surface area contributed by atoms with Crippen LogP contribution in [0.2, 0.25) is 0 Å². The summed E-state index contributed by atoms with van der Waals surface area (Å²) in [4.78, 5) is 17.3. The number of carbonyl (C=O) groups excluding carboxylic acids is 1. The van der Waals surface area contributed by atoms with Crippen molar-refractivity contribution in [2.75, 3.05) is 19.5 Å². The Hall–Kier alpha value is -3.58. The highest BCUT2D eigenvalue weighted by Crippen LogP contribution is 2.36. The van der Waals surface area contributed by atoms with E-state index < -0.39 is 0 Å². The van der Waals surface area contributed by atoms with Gasteiger partial charge in [0.2, 0.25) is 0 Å². The third-order valence-corrected chi connectivity index (χ3v) is 5.59. The zero-order chi connectivity index (χ0) is 20.9. The summed E-state index contributed by atoms with van der Waals surface area (Å²) in [6, 6.07) is 22.8. The Bertz CT molecular complexity index is 1070. The molecule has 4 aromatic rings. The van der Waals surface area contributed by atoms with Crippen molar-refractivity contribution in [1.82, 2.24) is 10.3 Å². The molecule has 0 aliphatic rings. The summed E-state index contributed by atoms with van der Waals surface area (Å²) >= 11 is 1.37. The van der Waals surface area contributed by atoms with Crippen molar-refractivity contribution >= 4 is 32.7 Å². The number of fused-ring (bicyclic) bond motifs is 1. The Labute approximate surface area is 178 Å². The fourth-order valence-electron chi connectivity index (χ4n) is 3.22. The normalized spacial score (nSPS) is 10.8. The molecule has 2 N–H and O–H groups in total. The first-order valence-electron chi connectivity index (χ1n) is 9.38. The number of anilines is 1. The number of aromatic nitrogens is 1. The van der Waals surface area contributed by atoms with Crippen molar-refractivity contribution in [1.29, 1.82) is 0 Å². The lowest BCUT2D eigenvalue weighted by molar-refractivity contribution is 0.250. The van der Waals surface area contributed by atoms with Crippen molar-refractivity contribution in [2.45, 2.75) is 6.04 Å². The van der Waals surface area contributed by atoms with Crippen molar-refractivity contribution in [3.05, 3.63) is 83.9 Å². The van der Waals surface area contributed by atoms with Gasteiger partial charge in [-0.1, -0.05) is 72.0 Å². The molecular formula is C23H21N3O3S. The van der Waals surface area contributed by atoms with E-state index in [1.165, 1.54) is 11.3 Å². The number of methoxy groups -OCH3 is 2. The van der Waals surface area contributed by atoms with E-state index in [4.69, 9.17) is 9.47 Å². The van der Waals surface area contributed by atoms with Gasteiger partial charge in [0.15, 0.2) is 16.6 Å². The van der Waals surface area contributed by atoms with Crippen LogP contribution in [0.1, 0.15) is 17.2 Å². The summed E-state index contributed by atoms with van der Waals surface area (Å²) in [5.74, 6) is 1.22. The lowest BCUT2D eigenvalue weighted by atomic mass is 9.99. The van der Waals surface area contributed by atoms with Crippen molar-refractivity contribution < 1.29 is 14.3 Å². The predicted octanol–water partition coefficient (Wildman–Crippen LogP) is 5.22. The Morgan fingerprint density at radius 3 is 2.03 bits per heavy atom. The minimum atomic E-state index is -0.328. The number of nitrogens with zero attached hydrogens (tertiary/aromatic N) is 1. The first-order valence-corrected chi connectivity index (χ1v) is 10.2. The van der Waals surface area contributed by atoms with Crippen LogP contribution in [-0.2, 0) is 0 Å². The number of thiazole rings is 1. The van der Waals surface area contributed by atoms with Crippen molar-refractivity contribution in [2.24, 2.45) is 0 Å². The Morgan fingerprint density at radius 2 is 1.47 bits per heavy atom. The minimum absolute atomic E-state index is 0.276. The summed E-state index contributed by atoms with van der Waals surface area (Å²) in [6.07, 6.45) is 0. The molecule has 0 bridgehead atoms. The van der Waals surface area contributed by atoms with Crippen LogP contribution in [0.25, 0.3) is 10.2 Å². The number of nitrogens with one attached hydrogen (secondary N) is 2. The number of ether oxygens (including phenoxy) is 2. The van der Waals surface area contributed by atoms with Crippen LogP contribution < -0.4 is 20.1 Å². The van der Waals surface area contributed by atoms with Crippen LogP contribution in [0.15, 0.2) is 72.8 Å². The van der Waals surface area contributed by atoms with Gasteiger partial charge < -0.3 is 14.8 Å². The van der Waals surface area contributed by atoms with E-state index in [1.54, 1.807) is 20.3 Å². The molecule has 0 atom stereocenters. The van der Waals surface area contributed by atoms with E-state index in [1.807, 2.05) is 66.7 Å². The van der Waals surface area contributed by atoms with Crippen LogP contribution in [0, 0.1) is 0 Å². The topological polar surface area (TPSA) is 72.5 Å². The van der Waals surface area contributed by atoms with Gasteiger partial charge in [-0.2, -0.15) is 0 Å². The van der Waals surface area contributed by atoms with Gasteiger partial charge in [-0.15, -0.1) is 0 Å². The lowest BCUT2D eigenvalue weighted by Crippen LogP contribution is -2.33. The molecule has 0 fully saturated rings. The zero-order valence-corrected chi connectivity index (χ0v) is 17.4. The predicted molar refractivity (Wildman–Crippen MR) is 120 cm³/mol. The van der Waals surface area contributed by atoms with E-state index in [0.717, 1.165) is 21.3 Å². The first-order chi connectivity index (χ1) is 14.7. The minimum Gasteiger partial charge on any atom is -0.493 e. The largest absolute Gasteiger partial charge is 0.493 e. The molecule has 2 amide bonds. The quantitative estimate of drug-likeness (QED) is 0.449. The molecule has 0 radical (unpaired) electrons. The molecule has 152 valence electrons. The average molecular weight is 420 g/mol. The smallest absolute Gasteiger partial charge is 0.321 e. The standard InChI is InChI=1S/C23H21N3O3S/c1-28-18-13-17-20(14-19(18)29-2)30-23(24-17)26-22(27)25-21(15-9-5-3-6-10-15)16-11-7-4-8-12-16/h3-14,21H,1-2H3,(H2,24,25,26,27). The van der Waals surface area contributed by atoms with Crippen LogP contribution in [0.3, 0.4) is 0 Å². The lowest BCUT2D eigenvalue weighted by Gasteiger charge is -2.19. The third kappa shape index (κ3) is 4.21. The highest BCUT2D eigenvalue weighted by Gasteiger charge is 2.18. The Kier molecular flexibility index (Phi) is 5.81. The van der Waals surface area contributed by atoms with Gasteiger partial charge in [0.25, 0.3) is 0 Å². The van der Waals surface area contributed by atoms with Gasteiger partial charge in [-0.3, -0.25) is 5.32 Å². The molecule has 1 heterocycles. The first kappa shape index (κ1) is 19.7. The van der Waals surface area contributed by atoms with Gasteiger partial charge in [-0.05, 0) is 11.1 Å². The molecule has 7 heteroatoms. The average Bonchev–Trinajstić information content (AvgIpc) is 3.18. The summed E-state index contributed by atoms with van der Waals surface area (Å²) in [5.41, 5.74) is 2.73. The maximum Gasteiger partial charge on any atom is 0.321 e. The van der Waals surface area contributed by atoms with Crippen LogP contribution in [0.4, 0.5) is 9.93 Å². The van der Waals surface area contributed by atoms with Crippen LogP contribution in [-0.4, -0.2) is 25.2 Å². The molecule has 0 saturated carbocycles. The number of carbonyl (C=O) groups is 1. The molecule has 0 unspecified atom stereocenters. The van der Waals surface area contributed by atoms with E-state index in [2.05, 4.69) is 15.6 Å². The number of benzene rings is 3. The fraction of sp³-hybridized carbons (Fsp3) is 0.130. The van der Waals surface area contributed by atoms with Crippen molar-refractivity contribution in [3.63, 3.8) is 0 Å². The summed E-state index contributed by atoms with van der Waals surface area (Å²) < 4.78 is 11.6. The number of urea groups is 1. The number of hydrogen-bond acceptors (Lipinski definition) is 5. The SMILES string of the molecule is COc1cc2nc(NC(=O)NC(c3ccccc3)c3ccccc3)sc2cc1OC. The van der Waals surface area contributed by atoms with Gasteiger partial charge >= 0.3 is 6.03 Å². The van der Waals surface area contributed by atoms with Gasteiger partial charge in [0.1, 0.15) is 0 Å². The second-order valence-electron chi connectivity index (χ2n) is 6.55. The second kappa shape index (κ2) is 8.84. The molecule has 0 spiro atoms. The maximum absolute atomic E-state index is 12.8. The number of rotatable bonds is 6. The highest BCUT2D eigenvalue weighted by molar-refractivity contribution is 7.22. The fourth-order valence-corrected chi connectivity index (χ4v) is 4.09. The number of amides is 2.